The smallest absolute Gasteiger partial charge is 0.325 e. The van der Waals surface area contributed by atoms with Gasteiger partial charge in [0.2, 0.25) is 0 Å². The standard InChI is InChI=1S/C25H32N2O4/c1-16(2)18-10-12-19(13-11-18)25(5)23(29)27(24(30)26-25)14-20(28)15-31-22-9-7-6-8-21(22)17(3)4/h6-13,16-17,20,28H,14-15H2,1-5H3,(H,26,30)/t20-,25-/m0/s1. The van der Waals surface area contributed by atoms with E-state index in [1.54, 1.807) is 6.92 Å². The lowest BCUT2D eigenvalue weighted by molar-refractivity contribution is -0.132. The van der Waals surface area contributed by atoms with Crippen molar-refractivity contribution in [1.29, 1.82) is 0 Å². The third-order valence-electron chi connectivity index (χ3n) is 5.80. The number of hydrogen-bond acceptors (Lipinski definition) is 4. The summed E-state index contributed by atoms with van der Waals surface area (Å²) in [7, 11) is 0. The quantitative estimate of drug-likeness (QED) is 0.624. The highest BCUT2D eigenvalue weighted by molar-refractivity contribution is 6.07. The largest absolute Gasteiger partial charge is 0.491 e. The van der Waals surface area contributed by atoms with Gasteiger partial charge in [-0.1, -0.05) is 70.2 Å². The lowest BCUT2D eigenvalue weighted by Gasteiger charge is -2.24. The summed E-state index contributed by atoms with van der Waals surface area (Å²) < 4.78 is 5.79. The monoisotopic (exact) mass is 424 g/mol. The highest BCUT2D eigenvalue weighted by Crippen LogP contribution is 2.30. The van der Waals surface area contributed by atoms with E-state index < -0.39 is 17.7 Å². The molecule has 166 valence electrons. The fraction of sp³-hybridized carbons (Fsp3) is 0.440. The Morgan fingerprint density at radius 3 is 2.26 bits per heavy atom. The number of carbonyl (C=O) groups is 2. The van der Waals surface area contributed by atoms with E-state index in [9.17, 15) is 14.7 Å². The van der Waals surface area contributed by atoms with Crippen LogP contribution in [-0.4, -0.2) is 41.2 Å². The third-order valence-corrected chi connectivity index (χ3v) is 5.80. The third kappa shape index (κ3) is 4.74. The molecule has 0 radical (unpaired) electrons. The van der Waals surface area contributed by atoms with Gasteiger partial charge in [-0.2, -0.15) is 0 Å². The number of aliphatic hydroxyl groups excluding tert-OH is 1. The summed E-state index contributed by atoms with van der Waals surface area (Å²) >= 11 is 0. The molecule has 2 aromatic rings. The van der Waals surface area contributed by atoms with Crippen molar-refractivity contribution < 1.29 is 19.4 Å². The molecular weight excluding hydrogens is 392 g/mol. The first kappa shape index (κ1) is 22.8. The number of urea groups is 1. The topological polar surface area (TPSA) is 78.9 Å². The number of carbonyl (C=O) groups excluding carboxylic acids is 2. The fourth-order valence-electron chi connectivity index (χ4n) is 3.80. The van der Waals surface area contributed by atoms with Crippen LogP contribution in [0.3, 0.4) is 0 Å². The zero-order valence-electron chi connectivity index (χ0n) is 18.9. The van der Waals surface area contributed by atoms with Crippen molar-refractivity contribution in [2.75, 3.05) is 13.2 Å². The maximum atomic E-state index is 13.1. The predicted octanol–water partition coefficient (Wildman–Crippen LogP) is 4.14. The van der Waals surface area contributed by atoms with Crippen LogP contribution in [0.5, 0.6) is 5.75 Å². The number of nitrogens with one attached hydrogen (secondary N) is 1. The first-order valence-electron chi connectivity index (χ1n) is 10.8. The number of β-amino-alcohol motifs (C(OH)–C–C–N with tert-alkyl or cyclic N) is 1. The van der Waals surface area contributed by atoms with Gasteiger partial charge in [-0.25, -0.2) is 4.79 Å². The molecule has 3 rings (SSSR count). The zero-order chi connectivity index (χ0) is 22.8. The summed E-state index contributed by atoms with van der Waals surface area (Å²) in [4.78, 5) is 26.7. The minimum Gasteiger partial charge on any atom is -0.491 e. The van der Waals surface area contributed by atoms with E-state index in [0.29, 0.717) is 17.2 Å². The minimum atomic E-state index is -1.16. The highest BCUT2D eigenvalue weighted by Gasteiger charge is 2.49. The maximum absolute atomic E-state index is 13.1. The van der Waals surface area contributed by atoms with Crippen LogP contribution in [0.4, 0.5) is 4.79 Å². The average molecular weight is 425 g/mol. The van der Waals surface area contributed by atoms with Crippen molar-refractivity contribution in [2.24, 2.45) is 0 Å². The van der Waals surface area contributed by atoms with Crippen molar-refractivity contribution in [3.8, 4) is 5.75 Å². The van der Waals surface area contributed by atoms with Crippen molar-refractivity contribution >= 4 is 11.9 Å². The molecule has 0 aromatic heterocycles. The van der Waals surface area contributed by atoms with Gasteiger partial charge in [0.25, 0.3) is 5.91 Å². The molecule has 1 fully saturated rings. The average Bonchev–Trinajstić information content (AvgIpc) is 2.96. The van der Waals surface area contributed by atoms with Gasteiger partial charge in [0.05, 0.1) is 6.54 Å². The van der Waals surface area contributed by atoms with Gasteiger partial charge in [0.1, 0.15) is 24.0 Å². The van der Waals surface area contributed by atoms with Gasteiger partial charge in [-0.15, -0.1) is 0 Å². The second-order valence-corrected chi connectivity index (χ2v) is 8.90. The number of rotatable bonds is 8. The number of ether oxygens (including phenoxy) is 1. The Morgan fingerprint density at radius 1 is 1.00 bits per heavy atom. The Morgan fingerprint density at radius 2 is 1.65 bits per heavy atom. The second-order valence-electron chi connectivity index (χ2n) is 8.90. The molecule has 0 unspecified atom stereocenters. The number of aliphatic hydroxyl groups is 1. The van der Waals surface area contributed by atoms with Crippen molar-refractivity contribution in [1.82, 2.24) is 10.2 Å². The first-order valence-corrected chi connectivity index (χ1v) is 10.8. The lowest BCUT2D eigenvalue weighted by Crippen LogP contribution is -2.42. The minimum absolute atomic E-state index is 0.0133. The van der Waals surface area contributed by atoms with Crippen molar-refractivity contribution in [2.45, 2.75) is 58.1 Å². The molecule has 2 atom stereocenters. The van der Waals surface area contributed by atoms with E-state index >= 15 is 0 Å². The zero-order valence-corrected chi connectivity index (χ0v) is 18.9. The predicted molar refractivity (Wildman–Crippen MR) is 120 cm³/mol. The maximum Gasteiger partial charge on any atom is 0.325 e. The number of nitrogens with zero attached hydrogens (tertiary/aromatic N) is 1. The molecule has 0 bridgehead atoms. The van der Waals surface area contributed by atoms with E-state index in [1.165, 1.54) is 0 Å². The Bertz CT molecular complexity index is 939. The van der Waals surface area contributed by atoms with Crippen LogP contribution in [0, 0.1) is 0 Å². The molecule has 2 N–H and O–H groups in total. The Labute approximate surface area is 184 Å². The molecule has 31 heavy (non-hydrogen) atoms. The normalized spacial score (nSPS) is 19.8. The van der Waals surface area contributed by atoms with Crippen LogP contribution in [0.1, 0.15) is 63.1 Å². The highest BCUT2D eigenvalue weighted by atomic mass is 16.5. The Hall–Kier alpha value is -2.86. The second kappa shape index (κ2) is 9.10. The summed E-state index contributed by atoms with van der Waals surface area (Å²) in [6.45, 7) is 9.89. The van der Waals surface area contributed by atoms with E-state index in [-0.39, 0.29) is 25.0 Å². The van der Waals surface area contributed by atoms with E-state index in [1.807, 2.05) is 48.5 Å². The Kier molecular flexibility index (Phi) is 6.70. The van der Waals surface area contributed by atoms with Crippen LogP contribution in [0.15, 0.2) is 48.5 Å². The molecule has 0 aliphatic carbocycles. The first-order chi connectivity index (χ1) is 14.6. The summed E-state index contributed by atoms with van der Waals surface area (Å²) in [6, 6.07) is 14.8. The fourth-order valence-corrected chi connectivity index (χ4v) is 3.80. The van der Waals surface area contributed by atoms with Crippen LogP contribution in [0.2, 0.25) is 0 Å². The SMILES string of the molecule is CC(C)c1ccc([C@]2(C)NC(=O)N(C[C@H](O)COc3ccccc3C(C)C)C2=O)cc1. The molecule has 1 aliphatic rings. The number of benzene rings is 2. The summed E-state index contributed by atoms with van der Waals surface area (Å²) in [5, 5.41) is 13.3. The van der Waals surface area contributed by atoms with Crippen LogP contribution in [-0.2, 0) is 10.3 Å². The van der Waals surface area contributed by atoms with E-state index in [2.05, 4.69) is 33.0 Å². The molecule has 3 amide bonds. The molecule has 0 saturated carbocycles. The molecule has 1 heterocycles. The van der Waals surface area contributed by atoms with Gasteiger partial charge in [-0.3, -0.25) is 9.69 Å². The lowest BCUT2D eigenvalue weighted by atomic mass is 9.90. The van der Waals surface area contributed by atoms with Gasteiger partial charge in [0, 0.05) is 0 Å². The molecule has 6 heteroatoms. The van der Waals surface area contributed by atoms with Gasteiger partial charge in [0.15, 0.2) is 0 Å². The van der Waals surface area contributed by atoms with Crippen LogP contribution >= 0.6 is 0 Å². The number of imide groups is 1. The van der Waals surface area contributed by atoms with Crippen molar-refractivity contribution in [3.05, 3.63) is 65.2 Å². The number of para-hydroxylation sites is 1. The molecule has 6 nitrogen and oxygen atoms in total. The van der Waals surface area contributed by atoms with Crippen molar-refractivity contribution in [3.63, 3.8) is 0 Å². The Balaban J connectivity index is 1.67. The molecule has 0 spiro atoms. The molecule has 1 saturated heterocycles. The number of hydrogen-bond donors (Lipinski definition) is 2. The molecule has 2 aromatic carbocycles. The summed E-state index contributed by atoms with van der Waals surface area (Å²) in [5.74, 6) is 0.977. The van der Waals surface area contributed by atoms with Gasteiger partial charge in [-0.05, 0) is 41.5 Å². The molecule has 1 aliphatic heterocycles. The van der Waals surface area contributed by atoms with Crippen LogP contribution in [0.25, 0.3) is 0 Å². The molecular formula is C25H32N2O4. The van der Waals surface area contributed by atoms with Gasteiger partial charge < -0.3 is 15.2 Å². The van der Waals surface area contributed by atoms with E-state index in [4.69, 9.17) is 4.74 Å². The summed E-state index contributed by atoms with van der Waals surface area (Å²) in [6.07, 6.45) is -0.999. The van der Waals surface area contributed by atoms with Gasteiger partial charge >= 0.3 is 6.03 Å². The number of amides is 3. The van der Waals surface area contributed by atoms with E-state index in [0.717, 1.165) is 16.0 Å². The summed E-state index contributed by atoms with van der Waals surface area (Å²) in [5.41, 5.74) is 1.77. The van der Waals surface area contributed by atoms with Crippen LogP contribution < -0.4 is 10.1 Å².